The molecule has 0 spiro atoms. The molecule has 1 N–H and O–H groups in total. The normalized spacial score (nSPS) is 14.1. The first-order valence-electron chi connectivity index (χ1n) is 6.64. The number of nitrogens with zero attached hydrogens (tertiary/aromatic N) is 3. The average molecular weight is 304 g/mol. The highest BCUT2D eigenvalue weighted by molar-refractivity contribution is 6.30. The zero-order chi connectivity index (χ0) is 15.5. The van der Waals surface area contributed by atoms with E-state index in [1.165, 1.54) is 6.33 Å². The van der Waals surface area contributed by atoms with Crippen LogP contribution in [-0.2, 0) is 6.54 Å². The Hall–Kier alpha value is -1.83. The monoisotopic (exact) mass is 303 g/mol. The summed E-state index contributed by atoms with van der Waals surface area (Å²) >= 11 is 5.85. The van der Waals surface area contributed by atoms with Crippen molar-refractivity contribution in [3.8, 4) is 11.8 Å². The molecule has 1 aromatic heterocycles. The average Bonchev–Trinajstić information content (AvgIpc) is 2.89. The zero-order valence-corrected chi connectivity index (χ0v) is 13.1. The summed E-state index contributed by atoms with van der Waals surface area (Å²) in [5, 5.41) is 15.7. The van der Waals surface area contributed by atoms with Crippen LogP contribution in [0.2, 0.25) is 5.02 Å². The number of benzene rings is 1. The highest BCUT2D eigenvalue weighted by Gasteiger charge is 2.39. The molecule has 110 valence electrons. The minimum absolute atomic E-state index is 0.261. The Bertz CT molecular complexity index is 648. The van der Waals surface area contributed by atoms with Crippen molar-refractivity contribution in [2.24, 2.45) is 5.41 Å². The van der Waals surface area contributed by atoms with Gasteiger partial charge in [0.2, 0.25) is 0 Å². The Balaban J connectivity index is 2.31. The summed E-state index contributed by atoms with van der Waals surface area (Å²) in [7, 11) is 0. The van der Waals surface area contributed by atoms with Crippen molar-refractivity contribution in [1.29, 1.82) is 0 Å². The minimum atomic E-state index is -1.22. The number of halogens is 1. The van der Waals surface area contributed by atoms with Crippen LogP contribution in [0.25, 0.3) is 0 Å². The lowest BCUT2D eigenvalue weighted by molar-refractivity contribution is -0.0214. The third kappa shape index (κ3) is 3.84. The van der Waals surface area contributed by atoms with E-state index in [-0.39, 0.29) is 6.54 Å². The van der Waals surface area contributed by atoms with Crippen LogP contribution in [0.1, 0.15) is 26.3 Å². The van der Waals surface area contributed by atoms with Gasteiger partial charge in [-0.05, 0) is 24.3 Å². The number of rotatable bonds is 2. The Labute approximate surface area is 129 Å². The molecule has 2 aromatic rings. The molecule has 0 saturated carbocycles. The highest BCUT2D eigenvalue weighted by Crippen LogP contribution is 2.31. The largest absolute Gasteiger partial charge is 0.375 e. The van der Waals surface area contributed by atoms with Crippen LogP contribution in [0.15, 0.2) is 36.9 Å². The van der Waals surface area contributed by atoms with E-state index in [0.717, 1.165) is 5.56 Å². The van der Waals surface area contributed by atoms with E-state index in [0.29, 0.717) is 5.02 Å². The Morgan fingerprint density at radius 3 is 2.43 bits per heavy atom. The van der Waals surface area contributed by atoms with Crippen molar-refractivity contribution < 1.29 is 5.11 Å². The van der Waals surface area contributed by atoms with E-state index in [9.17, 15) is 5.11 Å². The summed E-state index contributed by atoms with van der Waals surface area (Å²) in [5.41, 5.74) is -0.848. The molecule has 1 atom stereocenters. The van der Waals surface area contributed by atoms with Crippen molar-refractivity contribution in [2.75, 3.05) is 0 Å². The molecule has 0 aliphatic rings. The van der Waals surface area contributed by atoms with Crippen LogP contribution in [0.3, 0.4) is 0 Å². The highest BCUT2D eigenvalue weighted by atomic mass is 35.5. The smallest absolute Gasteiger partial charge is 0.150 e. The van der Waals surface area contributed by atoms with Crippen molar-refractivity contribution >= 4 is 11.6 Å². The summed E-state index contributed by atoms with van der Waals surface area (Å²) in [5.74, 6) is 6.00. The molecule has 0 radical (unpaired) electrons. The molecular formula is C16H18ClN3O. The van der Waals surface area contributed by atoms with Crippen molar-refractivity contribution in [2.45, 2.75) is 32.9 Å². The van der Waals surface area contributed by atoms with Gasteiger partial charge in [0.1, 0.15) is 18.3 Å². The predicted molar refractivity (Wildman–Crippen MR) is 82.8 cm³/mol. The van der Waals surface area contributed by atoms with Gasteiger partial charge in [0.05, 0.1) is 6.54 Å². The van der Waals surface area contributed by atoms with E-state index in [1.807, 2.05) is 32.9 Å². The van der Waals surface area contributed by atoms with Gasteiger partial charge in [-0.2, -0.15) is 5.10 Å². The molecule has 0 saturated heterocycles. The van der Waals surface area contributed by atoms with E-state index in [1.54, 1.807) is 23.1 Å². The van der Waals surface area contributed by atoms with Crippen LogP contribution in [0.4, 0.5) is 0 Å². The van der Waals surface area contributed by atoms with E-state index in [4.69, 9.17) is 11.6 Å². The van der Waals surface area contributed by atoms with Crippen LogP contribution in [0, 0.1) is 17.3 Å². The molecule has 5 heteroatoms. The third-order valence-electron chi connectivity index (χ3n) is 3.36. The summed E-state index contributed by atoms with van der Waals surface area (Å²) < 4.78 is 1.59. The van der Waals surface area contributed by atoms with Gasteiger partial charge >= 0.3 is 0 Å². The standard InChI is InChI=1S/C16H18ClN3O/c1-15(2,3)16(21,10-20-12-18-11-19-20)9-8-13-4-6-14(17)7-5-13/h4-7,11-12,21H,10H2,1-3H3. The quantitative estimate of drug-likeness (QED) is 0.868. The third-order valence-corrected chi connectivity index (χ3v) is 3.61. The van der Waals surface area contributed by atoms with Gasteiger partial charge in [0.15, 0.2) is 0 Å². The first-order valence-corrected chi connectivity index (χ1v) is 7.01. The van der Waals surface area contributed by atoms with Gasteiger partial charge in [0, 0.05) is 16.0 Å². The summed E-state index contributed by atoms with van der Waals surface area (Å²) in [6.45, 7) is 6.10. The SMILES string of the molecule is CC(C)(C)C(O)(C#Cc1ccc(Cl)cc1)Cn1cncn1. The lowest BCUT2D eigenvalue weighted by Crippen LogP contribution is -2.45. The van der Waals surface area contributed by atoms with Crippen molar-refractivity contribution in [3.63, 3.8) is 0 Å². The van der Waals surface area contributed by atoms with Gasteiger partial charge in [-0.1, -0.05) is 44.2 Å². The van der Waals surface area contributed by atoms with E-state index < -0.39 is 11.0 Å². The van der Waals surface area contributed by atoms with E-state index >= 15 is 0 Å². The van der Waals surface area contributed by atoms with Gasteiger partial charge in [-0.15, -0.1) is 0 Å². The van der Waals surface area contributed by atoms with Crippen LogP contribution < -0.4 is 0 Å². The first kappa shape index (κ1) is 15.6. The lowest BCUT2D eigenvalue weighted by Gasteiger charge is -2.35. The molecule has 21 heavy (non-hydrogen) atoms. The van der Waals surface area contributed by atoms with Crippen LogP contribution >= 0.6 is 11.6 Å². The maximum Gasteiger partial charge on any atom is 0.150 e. The second-order valence-corrected chi connectivity index (χ2v) is 6.40. The summed E-state index contributed by atoms with van der Waals surface area (Å²) in [6.07, 6.45) is 3.01. The van der Waals surface area contributed by atoms with Gasteiger partial charge in [-0.25, -0.2) is 9.67 Å². The predicted octanol–water partition coefficient (Wildman–Crippen LogP) is 2.76. The van der Waals surface area contributed by atoms with Crippen LogP contribution in [-0.4, -0.2) is 25.5 Å². The lowest BCUT2D eigenvalue weighted by atomic mass is 9.76. The van der Waals surface area contributed by atoms with E-state index in [2.05, 4.69) is 21.9 Å². The van der Waals surface area contributed by atoms with Gasteiger partial charge in [-0.3, -0.25) is 0 Å². The Morgan fingerprint density at radius 2 is 1.90 bits per heavy atom. The number of hydrogen-bond donors (Lipinski definition) is 1. The minimum Gasteiger partial charge on any atom is -0.375 e. The molecule has 1 heterocycles. The first-order chi connectivity index (χ1) is 9.80. The van der Waals surface area contributed by atoms with Crippen LogP contribution in [0.5, 0.6) is 0 Å². The second kappa shape index (κ2) is 5.88. The molecule has 4 nitrogen and oxygen atoms in total. The van der Waals surface area contributed by atoms with Crippen molar-refractivity contribution in [1.82, 2.24) is 14.8 Å². The fraction of sp³-hybridized carbons (Fsp3) is 0.375. The maximum atomic E-state index is 10.9. The molecule has 2 rings (SSSR count). The topological polar surface area (TPSA) is 50.9 Å². The van der Waals surface area contributed by atoms with Crippen molar-refractivity contribution in [3.05, 3.63) is 47.5 Å². The summed E-state index contributed by atoms with van der Waals surface area (Å²) in [4.78, 5) is 3.89. The fourth-order valence-corrected chi connectivity index (χ4v) is 1.85. The maximum absolute atomic E-state index is 10.9. The number of hydrogen-bond acceptors (Lipinski definition) is 3. The second-order valence-electron chi connectivity index (χ2n) is 5.96. The molecule has 1 aromatic carbocycles. The molecule has 0 bridgehead atoms. The summed E-state index contributed by atoms with van der Waals surface area (Å²) in [6, 6.07) is 7.21. The molecule has 1 unspecified atom stereocenters. The molecule has 0 amide bonds. The molecule has 0 aliphatic carbocycles. The molecular weight excluding hydrogens is 286 g/mol. The Morgan fingerprint density at radius 1 is 1.24 bits per heavy atom. The zero-order valence-electron chi connectivity index (χ0n) is 12.3. The molecule has 0 aliphatic heterocycles. The fourth-order valence-electron chi connectivity index (χ4n) is 1.72. The van der Waals surface area contributed by atoms with Gasteiger partial charge < -0.3 is 5.11 Å². The van der Waals surface area contributed by atoms with Gasteiger partial charge in [0.25, 0.3) is 0 Å². The molecule has 0 fully saturated rings. The number of aromatic nitrogens is 3. The Kier molecular flexibility index (Phi) is 4.36. The number of aliphatic hydroxyl groups is 1.